The van der Waals surface area contributed by atoms with E-state index in [1.54, 1.807) is 24.3 Å². The highest BCUT2D eigenvalue weighted by Gasteiger charge is 2.36. The molecular formula is C19H19BrN2O7. The number of carbonyl (C=O) groups is 1. The molecule has 1 aromatic carbocycles. The first kappa shape index (κ1) is 21.0. The van der Waals surface area contributed by atoms with E-state index in [9.17, 15) is 19.5 Å². The lowest BCUT2D eigenvalue weighted by Crippen LogP contribution is -2.33. The number of halogens is 1. The van der Waals surface area contributed by atoms with Crippen LogP contribution in [0.3, 0.4) is 0 Å². The first-order valence-electron chi connectivity index (χ1n) is 8.77. The number of rotatable bonds is 7. The predicted octanol–water partition coefficient (Wildman–Crippen LogP) is 1.17. The quantitative estimate of drug-likeness (QED) is 0.587. The Labute approximate surface area is 173 Å². The molecule has 0 aliphatic carbocycles. The zero-order valence-corrected chi connectivity index (χ0v) is 16.8. The number of aliphatic hydroxyl groups is 1. The zero-order chi connectivity index (χ0) is 20.8. The van der Waals surface area contributed by atoms with Crippen LogP contribution in [0.15, 0.2) is 51.1 Å². The third kappa shape index (κ3) is 5.43. The first-order chi connectivity index (χ1) is 14.0. The lowest BCUT2D eigenvalue weighted by Gasteiger charge is -2.16. The molecule has 1 aromatic heterocycles. The summed E-state index contributed by atoms with van der Waals surface area (Å²) in [7, 11) is 0. The number of nitrogens with zero attached hydrogens (tertiary/aromatic N) is 1. The van der Waals surface area contributed by atoms with Crippen LogP contribution >= 0.6 is 15.9 Å². The Morgan fingerprint density at radius 1 is 1.34 bits per heavy atom. The lowest BCUT2D eigenvalue weighted by atomic mass is 10.2. The number of carbonyl (C=O) groups excluding carboxylic acids is 1. The summed E-state index contributed by atoms with van der Waals surface area (Å²) in [5.41, 5.74) is -0.954. The average Bonchev–Trinajstić information content (AvgIpc) is 3.08. The van der Waals surface area contributed by atoms with Gasteiger partial charge in [0.25, 0.3) is 5.56 Å². The number of aromatic amines is 1. The Balaban J connectivity index is 1.57. The monoisotopic (exact) mass is 466 g/mol. The number of ether oxygens (including phenoxy) is 3. The van der Waals surface area contributed by atoms with Gasteiger partial charge in [0.05, 0.1) is 11.7 Å². The van der Waals surface area contributed by atoms with Gasteiger partial charge in [0.1, 0.15) is 24.7 Å². The van der Waals surface area contributed by atoms with Gasteiger partial charge in [0.2, 0.25) is 0 Å². The SMILES string of the molecule is O=C(COc1ccccc1)OC[C@H]1O[C@@H](n2cc(/C=C/Br)c(=O)[nH]c2=O)C[C@@H]1O. The fourth-order valence-electron chi connectivity index (χ4n) is 2.81. The van der Waals surface area contributed by atoms with Gasteiger partial charge in [0, 0.05) is 12.6 Å². The summed E-state index contributed by atoms with van der Waals surface area (Å²) in [5.74, 6) is -0.0773. The molecular weight excluding hydrogens is 448 g/mol. The topological polar surface area (TPSA) is 120 Å². The Bertz CT molecular complexity index is 986. The van der Waals surface area contributed by atoms with Crippen LogP contribution in [-0.2, 0) is 14.3 Å². The summed E-state index contributed by atoms with van der Waals surface area (Å²) >= 11 is 3.08. The van der Waals surface area contributed by atoms with Crippen molar-refractivity contribution < 1.29 is 24.1 Å². The van der Waals surface area contributed by atoms with E-state index in [0.717, 1.165) is 0 Å². The minimum absolute atomic E-state index is 0.103. The van der Waals surface area contributed by atoms with Gasteiger partial charge >= 0.3 is 11.7 Å². The maximum Gasteiger partial charge on any atom is 0.344 e. The van der Waals surface area contributed by atoms with E-state index in [1.807, 2.05) is 6.07 Å². The Hall–Kier alpha value is -2.69. The molecule has 1 fully saturated rings. The van der Waals surface area contributed by atoms with Crippen LogP contribution in [0.25, 0.3) is 6.08 Å². The van der Waals surface area contributed by atoms with Crippen molar-refractivity contribution in [2.75, 3.05) is 13.2 Å². The zero-order valence-electron chi connectivity index (χ0n) is 15.2. The molecule has 1 saturated heterocycles. The molecule has 2 aromatic rings. The molecule has 0 unspecified atom stereocenters. The fraction of sp³-hybridized carbons (Fsp3) is 0.316. The number of H-pyrrole nitrogens is 1. The second-order valence-electron chi connectivity index (χ2n) is 6.26. The van der Waals surface area contributed by atoms with Crippen molar-refractivity contribution in [3.05, 3.63) is 67.9 Å². The van der Waals surface area contributed by atoms with Crippen LogP contribution in [0.2, 0.25) is 0 Å². The van der Waals surface area contributed by atoms with Crippen molar-refractivity contribution in [2.24, 2.45) is 0 Å². The number of benzene rings is 1. The van der Waals surface area contributed by atoms with Crippen LogP contribution < -0.4 is 16.0 Å². The summed E-state index contributed by atoms with van der Waals surface area (Å²) in [6, 6.07) is 8.81. The smallest absolute Gasteiger partial charge is 0.344 e. The van der Waals surface area contributed by atoms with E-state index >= 15 is 0 Å². The molecule has 29 heavy (non-hydrogen) atoms. The molecule has 0 spiro atoms. The summed E-state index contributed by atoms with van der Waals surface area (Å²) < 4.78 is 17.3. The number of para-hydroxylation sites is 1. The molecule has 2 N–H and O–H groups in total. The molecule has 9 nitrogen and oxygen atoms in total. The average molecular weight is 467 g/mol. The summed E-state index contributed by atoms with van der Waals surface area (Å²) in [6.07, 6.45) is 0.365. The van der Waals surface area contributed by atoms with E-state index in [-0.39, 0.29) is 25.2 Å². The third-order valence-corrected chi connectivity index (χ3v) is 4.53. The highest BCUT2D eigenvalue weighted by atomic mass is 79.9. The molecule has 0 saturated carbocycles. The molecule has 2 heterocycles. The van der Waals surface area contributed by atoms with Gasteiger partial charge in [-0.1, -0.05) is 34.1 Å². The van der Waals surface area contributed by atoms with E-state index in [2.05, 4.69) is 20.9 Å². The van der Waals surface area contributed by atoms with Crippen LogP contribution in [-0.4, -0.2) is 46.0 Å². The summed E-state index contributed by atoms with van der Waals surface area (Å²) in [5, 5.41) is 10.2. The standard InChI is InChI=1S/C19H19BrN2O7/c20-7-6-12-9-22(19(26)21-18(12)25)16-8-14(23)15(29-16)10-28-17(24)11-27-13-4-2-1-3-5-13/h1-7,9,14-16,23H,8,10-11H2,(H,21,25,26)/b7-6+/t14-,15+,16+/m0/s1. The lowest BCUT2D eigenvalue weighted by molar-refractivity contribution is -0.152. The highest BCUT2D eigenvalue weighted by Crippen LogP contribution is 2.28. The second kappa shape index (κ2) is 9.68. The van der Waals surface area contributed by atoms with Gasteiger partial charge in [0.15, 0.2) is 6.61 Å². The molecule has 0 bridgehead atoms. The number of aliphatic hydroxyl groups excluding tert-OH is 1. The normalized spacial score (nSPS) is 21.4. The number of hydrogen-bond acceptors (Lipinski definition) is 7. The maximum atomic E-state index is 12.1. The number of nitrogens with one attached hydrogen (secondary N) is 1. The van der Waals surface area contributed by atoms with Crippen molar-refractivity contribution in [2.45, 2.75) is 24.9 Å². The molecule has 154 valence electrons. The Kier molecular flexibility index (Phi) is 7.02. The molecule has 10 heteroatoms. The summed E-state index contributed by atoms with van der Waals surface area (Å²) in [6.45, 7) is -0.473. The molecule has 1 aliphatic rings. The molecule has 3 atom stereocenters. The highest BCUT2D eigenvalue weighted by molar-refractivity contribution is 9.11. The van der Waals surface area contributed by atoms with Gasteiger partial charge in [-0.2, -0.15) is 0 Å². The van der Waals surface area contributed by atoms with E-state index < -0.39 is 35.7 Å². The van der Waals surface area contributed by atoms with E-state index in [4.69, 9.17) is 14.2 Å². The van der Waals surface area contributed by atoms with Crippen molar-refractivity contribution in [1.82, 2.24) is 9.55 Å². The van der Waals surface area contributed by atoms with Gasteiger partial charge in [-0.25, -0.2) is 9.59 Å². The van der Waals surface area contributed by atoms with Crippen molar-refractivity contribution in [3.63, 3.8) is 0 Å². The first-order valence-corrected chi connectivity index (χ1v) is 9.68. The van der Waals surface area contributed by atoms with E-state index in [1.165, 1.54) is 21.8 Å². The Morgan fingerprint density at radius 3 is 2.83 bits per heavy atom. The number of aromatic nitrogens is 2. The van der Waals surface area contributed by atoms with Gasteiger partial charge in [-0.05, 0) is 23.2 Å². The minimum Gasteiger partial charge on any atom is -0.482 e. The van der Waals surface area contributed by atoms with Gasteiger partial charge in [-0.15, -0.1) is 0 Å². The minimum atomic E-state index is -0.947. The van der Waals surface area contributed by atoms with Crippen molar-refractivity contribution in [1.29, 1.82) is 0 Å². The second-order valence-corrected chi connectivity index (χ2v) is 6.79. The van der Waals surface area contributed by atoms with Crippen LogP contribution in [0.5, 0.6) is 5.75 Å². The summed E-state index contributed by atoms with van der Waals surface area (Å²) in [4.78, 5) is 39.4. The van der Waals surface area contributed by atoms with Crippen LogP contribution in [0, 0.1) is 0 Å². The fourth-order valence-corrected chi connectivity index (χ4v) is 3.10. The maximum absolute atomic E-state index is 12.1. The van der Waals surface area contributed by atoms with E-state index in [0.29, 0.717) is 5.75 Å². The van der Waals surface area contributed by atoms with Crippen LogP contribution in [0.4, 0.5) is 0 Å². The molecule has 1 aliphatic heterocycles. The van der Waals surface area contributed by atoms with Crippen molar-refractivity contribution in [3.8, 4) is 5.75 Å². The van der Waals surface area contributed by atoms with Gasteiger partial charge < -0.3 is 19.3 Å². The van der Waals surface area contributed by atoms with Crippen LogP contribution in [0.1, 0.15) is 18.2 Å². The third-order valence-electron chi connectivity index (χ3n) is 4.26. The Morgan fingerprint density at radius 2 is 2.10 bits per heavy atom. The molecule has 3 rings (SSSR count). The van der Waals surface area contributed by atoms with Gasteiger partial charge in [-0.3, -0.25) is 14.3 Å². The predicted molar refractivity (Wildman–Crippen MR) is 107 cm³/mol. The number of esters is 1. The largest absolute Gasteiger partial charge is 0.482 e. The molecule has 0 amide bonds. The number of hydrogen-bond donors (Lipinski definition) is 2. The van der Waals surface area contributed by atoms with Crippen molar-refractivity contribution >= 4 is 28.0 Å². The molecule has 0 radical (unpaired) electrons.